The Morgan fingerprint density at radius 3 is 2.10 bits per heavy atom. The number of ether oxygens (including phenoxy) is 2. The maximum Gasteiger partial charge on any atom is 0.357 e. The molecule has 0 aliphatic carbocycles. The van der Waals surface area contributed by atoms with Gasteiger partial charge in [0.05, 0.1) is 36.4 Å². The molecule has 2 aromatic carbocycles. The SMILES string of the molecule is CCOP(=O)(OCC)C(Nc1cc(Br)c(O)c(Br)c1)c1ccc(OC)cc1OC. The molecule has 1 atom stereocenters. The van der Waals surface area contributed by atoms with Gasteiger partial charge in [-0.15, -0.1) is 0 Å². The molecule has 2 N–H and O–H groups in total. The molecule has 0 aliphatic rings. The first-order valence-electron chi connectivity index (χ1n) is 8.84. The molecule has 1 unspecified atom stereocenters. The van der Waals surface area contributed by atoms with Crippen LogP contribution in [0, 0.1) is 0 Å². The van der Waals surface area contributed by atoms with E-state index in [-0.39, 0.29) is 19.0 Å². The lowest BCUT2D eigenvalue weighted by Gasteiger charge is -2.29. The molecule has 0 bridgehead atoms. The molecule has 2 rings (SSSR count). The quantitative estimate of drug-likeness (QED) is 0.264. The number of hydrogen-bond donors (Lipinski definition) is 2. The van der Waals surface area contributed by atoms with E-state index in [1.807, 2.05) is 0 Å². The van der Waals surface area contributed by atoms with Crippen molar-refractivity contribution >= 4 is 45.1 Å². The van der Waals surface area contributed by atoms with E-state index in [0.29, 0.717) is 31.7 Å². The van der Waals surface area contributed by atoms with Gasteiger partial charge in [-0.3, -0.25) is 4.57 Å². The average molecular weight is 553 g/mol. The fourth-order valence-electron chi connectivity index (χ4n) is 2.72. The van der Waals surface area contributed by atoms with Gasteiger partial charge in [0.25, 0.3) is 0 Å². The second kappa shape index (κ2) is 10.7. The summed E-state index contributed by atoms with van der Waals surface area (Å²) in [5, 5.41) is 13.2. The number of methoxy groups -OCH3 is 2. The Labute approximate surface area is 187 Å². The summed E-state index contributed by atoms with van der Waals surface area (Å²) in [5.41, 5.74) is 1.17. The lowest BCUT2D eigenvalue weighted by Crippen LogP contribution is -2.16. The highest BCUT2D eigenvalue weighted by molar-refractivity contribution is 9.11. The molecule has 0 amide bonds. The molecule has 0 spiro atoms. The molecule has 0 aromatic heterocycles. The van der Waals surface area contributed by atoms with Crippen LogP contribution in [0.25, 0.3) is 0 Å². The summed E-state index contributed by atoms with van der Waals surface area (Å²) in [7, 11) is -0.568. The van der Waals surface area contributed by atoms with E-state index in [1.165, 1.54) is 7.11 Å². The van der Waals surface area contributed by atoms with Gasteiger partial charge < -0.3 is 28.9 Å². The van der Waals surface area contributed by atoms with Crippen molar-refractivity contribution in [2.75, 3.05) is 32.8 Å². The minimum atomic E-state index is -3.65. The maximum atomic E-state index is 13.7. The standard InChI is InChI=1S/C19H24Br2NO6P/c1-5-27-29(24,28-6-2)19(14-8-7-13(25-3)11-17(14)26-4)22-12-9-15(20)18(23)16(21)10-12/h7-11,19,22-23H,5-6H2,1-4H3. The first-order valence-corrected chi connectivity index (χ1v) is 12.0. The van der Waals surface area contributed by atoms with E-state index in [0.717, 1.165) is 0 Å². The lowest BCUT2D eigenvalue weighted by atomic mass is 10.1. The minimum Gasteiger partial charge on any atom is -0.506 e. The van der Waals surface area contributed by atoms with Crippen LogP contribution in [-0.4, -0.2) is 32.5 Å². The van der Waals surface area contributed by atoms with Crippen LogP contribution < -0.4 is 14.8 Å². The largest absolute Gasteiger partial charge is 0.506 e. The van der Waals surface area contributed by atoms with E-state index in [9.17, 15) is 9.67 Å². The van der Waals surface area contributed by atoms with E-state index in [2.05, 4.69) is 37.2 Å². The van der Waals surface area contributed by atoms with E-state index >= 15 is 0 Å². The van der Waals surface area contributed by atoms with Crippen molar-refractivity contribution in [3.8, 4) is 17.2 Å². The predicted octanol–water partition coefficient (Wildman–Crippen LogP) is 6.31. The Kier molecular flexibility index (Phi) is 8.85. The summed E-state index contributed by atoms with van der Waals surface area (Å²) < 4.78 is 36.6. The molecule has 7 nitrogen and oxygen atoms in total. The molecule has 29 heavy (non-hydrogen) atoms. The molecule has 0 heterocycles. The van der Waals surface area contributed by atoms with Gasteiger partial charge in [0, 0.05) is 17.3 Å². The summed E-state index contributed by atoms with van der Waals surface area (Å²) in [5.74, 6) is 0.263. The average Bonchev–Trinajstić information content (AvgIpc) is 2.70. The van der Waals surface area contributed by atoms with Gasteiger partial charge in [-0.1, -0.05) is 0 Å². The number of phenols is 1. The zero-order valence-electron chi connectivity index (χ0n) is 16.6. The highest BCUT2D eigenvalue weighted by Gasteiger charge is 2.39. The van der Waals surface area contributed by atoms with Crippen LogP contribution in [-0.2, 0) is 13.6 Å². The van der Waals surface area contributed by atoms with E-state index in [4.69, 9.17) is 18.5 Å². The van der Waals surface area contributed by atoms with Gasteiger partial charge in [-0.05, 0) is 70.0 Å². The van der Waals surface area contributed by atoms with Crippen molar-refractivity contribution in [1.29, 1.82) is 0 Å². The summed E-state index contributed by atoms with van der Waals surface area (Å²) in [6.07, 6.45) is 0. The van der Waals surface area contributed by atoms with E-state index < -0.39 is 13.4 Å². The Morgan fingerprint density at radius 1 is 1.03 bits per heavy atom. The molecule has 0 radical (unpaired) electrons. The molecule has 160 valence electrons. The molecule has 0 saturated heterocycles. The number of aromatic hydroxyl groups is 1. The number of nitrogens with one attached hydrogen (secondary N) is 1. The zero-order valence-corrected chi connectivity index (χ0v) is 20.6. The predicted molar refractivity (Wildman–Crippen MR) is 120 cm³/mol. The number of hydrogen-bond acceptors (Lipinski definition) is 7. The summed E-state index contributed by atoms with van der Waals surface area (Å²) in [4.78, 5) is 0. The molecule has 0 fully saturated rings. The van der Waals surface area contributed by atoms with Crippen LogP contribution >= 0.6 is 39.5 Å². The van der Waals surface area contributed by atoms with E-state index in [1.54, 1.807) is 51.3 Å². The van der Waals surface area contributed by atoms with Crippen molar-refractivity contribution in [2.24, 2.45) is 0 Å². The molecule has 0 aliphatic heterocycles. The van der Waals surface area contributed by atoms with Crippen LogP contribution in [0.1, 0.15) is 25.2 Å². The van der Waals surface area contributed by atoms with Crippen LogP contribution in [0.5, 0.6) is 17.2 Å². The number of rotatable bonds is 10. The van der Waals surface area contributed by atoms with Crippen molar-refractivity contribution in [3.05, 3.63) is 44.8 Å². The summed E-state index contributed by atoms with van der Waals surface area (Å²) in [6, 6.07) is 8.55. The normalized spacial score (nSPS) is 12.5. The smallest absolute Gasteiger partial charge is 0.357 e. The van der Waals surface area contributed by atoms with Crippen LogP contribution in [0.2, 0.25) is 0 Å². The third-order valence-corrected chi connectivity index (χ3v) is 7.47. The van der Waals surface area contributed by atoms with Crippen LogP contribution in [0.15, 0.2) is 39.3 Å². The van der Waals surface area contributed by atoms with Gasteiger partial charge in [0.15, 0.2) is 5.78 Å². The Bertz CT molecular complexity index is 862. The topological polar surface area (TPSA) is 86.3 Å². The van der Waals surface area contributed by atoms with Gasteiger partial charge in [-0.2, -0.15) is 0 Å². The number of anilines is 1. The molecule has 0 saturated carbocycles. The highest BCUT2D eigenvalue weighted by atomic mass is 79.9. The van der Waals surface area contributed by atoms with Crippen molar-refractivity contribution in [2.45, 2.75) is 19.6 Å². The zero-order chi connectivity index (χ0) is 21.6. The number of phenolic OH excluding ortho intramolecular Hbond substituents is 1. The molecule has 10 heteroatoms. The van der Waals surface area contributed by atoms with Crippen molar-refractivity contribution in [1.82, 2.24) is 0 Å². The first-order chi connectivity index (χ1) is 13.8. The second-order valence-electron chi connectivity index (χ2n) is 5.82. The second-order valence-corrected chi connectivity index (χ2v) is 9.64. The molecular formula is C19H24Br2NO6P. The van der Waals surface area contributed by atoms with Crippen LogP contribution in [0.4, 0.5) is 5.69 Å². The third-order valence-electron chi connectivity index (χ3n) is 3.99. The minimum absolute atomic E-state index is 0.0620. The van der Waals surface area contributed by atoms with Gasteiger partial charge in [0.2, 0.25) is 0 Å². The fourth-order valence-corrected chi connectivity index (χ4v) is 5.86. The Balaban J connectivity index is 2.62. The third kappa shape index (κ3) is 5.67. The lowest BCUT2D eigenvalue weighted by molar-refractivity contribution is 0.213. The number of benzene rings is 2. The highest BCUT2D eigenvalue weighted by Crippen LogP contribution is 2.62. The monoisotopic (exact) mass is 551 g/mol. The van der Waals surface area contributed by atoms with Crippen molar-refractivity contribution < 1.29 is 28.2 Å². The summed E-state index contributed by atoms with van der Waals surface area (Å²) >= 11 is 6.62. The van der Waals surface area contributed by atoms with Crippen molar-refractivity contribution in [3.63, 3.8) is 0 Å². The van der Waals surface area contributed by atoms with Gasteiger partial charge in [-0.25, -0.2) is 0 Å². The number of halogens is 2. The maximum absolute atomic E-state index is 13.7. The Hall–Kier alpha value is -1.25. The molecular weight excluding hydrogens is 529 g/mol. The van der Waals surface area contributed by atoms with Gasteiger partial charge >= 0.3 is 7.60 Å². The van der Waals surface area contributed by atoms with Crippen LogP contribution in [0.3, 0.4) is 0 Å². The molecule has 2 aromatic rings. The fraction of sp³-hybridized carbons (Fsp3) is 0.368. The van der Waals surface area contributed by atoms with Gasteiger partial charge in [0.1, 0.15) is 17.2 Å². The first kappa shape index (κ1) is 24.0. The Morgan fingerprint density at radius 2 is 1.62 bits per heavy atom. The summed E-state index contributed by atoms with van der Waals surface area (Å²) in [6.45, 7) is 3.91.